The maximum absolute atomic E-state index is 13.7. The van der Waals surface area contributed by atoms with Crippen LogP contribution in [0.1, 0.15) is 59.0 Å². The van der Waals surface area contributed by atoms with Crippen molar-refractivity contribution in [2.45, 2.75) is 39.2 Å². The summed E-state index contributed by atoms with van der Waals surface area (Å²) in [6, 6.07) is 16.2. The molecule has 4 atom stereocenters. The highest BCUT2D eigenvalue weighted by molar-refractivity contribution is 6.07. The van der Waals surface area contributed by atoms with Crippen molar-refractivity contribution in [1.82, 2.24) is 9.47 Å². The van der Waals surface area contributed by atoms with Gasteiger partial charge in [-0.25, -0.2) is 0 Å². The van der Waals surface area contributed by atoms with Gasteiger partial charge in [-0.05, 0) is 67.0 Å². The summed E-state index contributed by atoms with van der Waals surface area (Å²) in [6.45, 7) is 7.97. The number of nitrogens with zero attached hydrogens (tertiary/aromatic N) is 3. The summed E-state index contributed by atoms with van der Waals surface area (Å²) >= 11 is 0. The van der Waals surface area contributed by atoms with Crippen LogP contribution >= 0.6 is 0 Å². The lowest BCUT2D eigenvalue weighted by Crippen LogP contribution is -2.47. The molecule has 3 aliphatic heterocycles. The number of rotatable bonds is 6. The van der Waals surface area contributed by atoms with Crippen LogP contribution in [0.25, 0.3) is 0 Å². The van der Waals surface area contributed by atoms with Gasteiger partial charge >= 0.3 is 0 Å². The summed E-state index contributed by atoms with van der Waals surface area (Å²) in [5, 5.41) is 3.12. The van der Waals surface area contributed by atoms with Gasteiger partial charge in [0.2, 0.25) is 0 Å². The number of anilines is 2. The maximum atomic E-state index is 13.7. The predicted octanol–water partition coefficient (Wildman–Crippen LogP) is 4.86. The number of methoxy groups -OCH3 is 2. The average Bonchev–Trinajstić information content (AvgIpc) is 3.00. The maximum Gasteiger partial charge on any atom is 0.255 e. The second-order valence-corrected chi connectivity index (χ2v) is 12.5. The van der Waals surface area contributed by atoms with Crippen molar-refractivity contribution < 1.29 is 19.1 Å². The van der Waals surface area contributed by atoms with Gasteiger partial charge in [0.25, 0.3) is 17.4 Å². The third-order valence-corrected chi connectivity index (χ3v) is 9.08. The van der Waals surface area contributed by atoms with E-state index in [1.165, 1.54) is 0 Å². The Morgan fingerprint density at radius 2 is 1.53 bits per heavy atom. The van der Waals surface area contributed by atoms with Crippen LogP contribution in [0.15, 0.2) is 59.4 Å². The molecule has 6 rings (SSSR count). The first-order valence-electron chi connectivity index (χ1n) is 15.1. The standard InChI is InChI=1S/C34H40N4O5/c1-21-10-22(2)17-37(16-21)34(41)24-8-9-31(29(14-24)35-33(40)25-12-27(42-3)15-28(13-25)43-4)36-18-23-11-26(20-36)30-6-5-7-32(39)38(30)19-23/h5-9,12-15,21-23,26H,10-11,16-20H2,1-4H3,(H,35,40). The molecule has 9 nitrogen and oxygen atoms in total. The van der Waals surface area contributed by atoms with Crippen LogP contribution in [0, 0.1) is 17.8 Å². The molecular weight excluding hydrogens is 544 g/mol. The Morgan fingerprint density at radius 3 is 2.23 bits per heavy atom. The fourth-order valence-corrected chi connectivity index (χ4v) is 7.28. The Labute approximate surface area is 252 Å². The minimum atomic E-state index is -0.322. The van der Waals surface area contributed by atoms with Crippen molar-refractivity contribution in [1.29, 1.82) is 0 Å². The molecule has 2 aromatic carbocycles. The number of likely N-dealkylation sites (tertiary alicyclic amines) is 1. The number of ether oxygens (including phenoxy) is 2. The molecule has 2 fully saturated rings. The Bertz CT molecular complexity index is 1570. The number of nitrogens with one attached hydrogen (secondary N) is 1. The lowest BCUT2D eigenvalue weighted by atomic mass is 9.83. The van der Waals surface area contributed by atoms with Gasteiger partial charge in [0.15, 0.2) is 0 Å². The highest BCUT2D eigenvalue weighted by Gasteiger charge is 2.36. The van der Waals surface area contributed by atoms with Gasteiger partial charge in [-0.15, -0.1) is 0 Å². The molecule has 2 amide bonds. The van der Waals surface area contributed by atoms with E-state index in [1.807, 2.05) is 39.8 Å². The summed E-state index contributed by atoms with van der Waals surface area (Å²) in [5.74, 6) is 2.07. The van der Waals surface area contributed by atoms with Gasteiger partial charge in [0, 0.05) is 67.6 Å². The van der Waals surface area contributed by atoms with Gasteiger partial charge in [0.05, 0.1) is 25.6 Å². The summed E-state index contributed by atoms with van der Waals surface area (Å²) in [5.41, 5.74) is 3.50. The van der Waals surface area contributed by atoms with Gasteiger partial charge in [0.1, 0.15) is 11.5 Å². The molecule has 43 heavy (non-hydrogen) atoms. The lowest BCUT2D eigenvalue weighted by molar-refractivity contribution is 0.0623. The number of pyridine rings is 1. The van der Waals surface area contributed by atoms with E-state index in [1.54, 1.807) is 38.5 Å². The van der Waals surface area contributed by atoms with Gasteiger partial charge in [-0.1, -0.05) is 19.9 Å². The van der Waals surface area contributed by atoms with E-state index in [9.17, 15) is 14.4 Å². The van der Waals surface area contributed by atoms with E-state index in [0.29, 0.717) is 59.2 Å². The number of hydrogen-bond donors (Lipinski definition) is 1. The van der Waals surface area contributed by atoms with Crippen molar-refractivity contribution in [3.05, 3.63) is 81.8 Å². The number of piperidine rings is 2. The smallest absolute Gasteiger partial charge is 0.255 e. The van der Waals surface area contributed by atoms with Crippen LogP contribution < -0.4 is 25.2 Å². The summed E-state index contributed by atoms with van der Waals surface area (Å²) < 4.78 is 12.7. The first-order chi connectivity index (χ1) is 20.7. The van der Waals surface area contributed by atoms with E-state index in [2.05, 4.69) is 24.1 Å². The Kier molecular flexibility index (Phi) is 7.90. The molecule has 9 heteroatoms. The molecule has 3 aromatic rings. The second kappa shape index (κ2) is 11.8. The molecule has 1 N–H and O–H groups in total. The van der Waals surface area contributed by atoms with Gasteiger partial charge in [-0.3, -0.25) is 14.4 Å². The molecule has 0 saturated carbocycles. The zero-order valence-electron chi connectivity index (χ0n) is 25.3. The Balaban J connectivity index is 1.35. The third kappa shape index (κ3) is 5.85. The molecule has 4 unspecified atom stereocenters. The van der Waals surface area contributed by atoms with E-state index >= 15 is 0 Å². The summed E-state index contributed by atoms with van der Waals surface area (Å²) in [6.07, 6.45) is 2.13. The van der Waals surface area contributed by atoms with Crippen LogP contribution in [-0.2, 0) is 6.54 Å². The average molecular weight is 585 g/mol. The zero-order chi connectivity index (χ0) is 30.2. The molecule has 3 aliphatic rings. The molecule has 0 aliphatic carbocycles. The molecule has 2 saturated heterocycles. The van der Waals surface area contributed by atoms with E-state index in [4.69, 9.17) is 9.47 Å². The fraction of sp³-hybridized carbons (Fsp3) is 0.441. The van der Waals surface area contributed by atoms with Crippen LogP contribution in [0.4, 0.5) is 11.4 Å². The number of fused-ring (bicyclic) bond motifs is 4. The topological polar surface area (TPSA) is 93.1 Å². The molecular formula is C34H40N4O5. The van der Waals surface area contributed by atoms with Crippen molar-refractivity contribution >= 4 is 23.2 Å². The van der Waals surface area contributed by atoms with Crippen molar-refractivity contribution in [3.63, 3.8) is 0 Å². The zero-order valence-corrected chi connectivity index (χ0v) is 25.3. The number of carbonyl (C=O) groups is 2. The van der Waals surface area contributed by atoms with E-state index in [0.717, 1.165) is 43.9 Å². The highest BCUT2D eigenvalue weighted by Crippen LogP contribution is 2.40. The fourth-order valence-electron chi connectivity index (χ4n) is 7.28. The van der Waals surface area contributed by atoms with Crippen molar-refractivity contribution in [3.8, 4) is 11.5 Å². The van der Waals surface area contributed by atoms with Gasteiger partial charge in [-0.2, -0.15) is 0 Å². The van der Waals surface area contributed by atoms with Gasteiger partial charge < -0.3 is 29.2 Å². The quantitative estimate of drug-likeness (QED) is 0.445. The number of hydrogen-bond acceptors (Lipinski definition) is 6. The van der Waals surface area contributed by atoms with Crippen LogP contribution in [0.5, 0.6) is 11.5 Å². The lowest BCUT2D eigenvalue weighted by Gasteiger charge is -2.44. The first kappa shape index (κ1) is 28.8. The number of aromatic nitrogens is 1. The number of benzene rings is 2. The largest absolute Gasteiger partial charge is 0.497 e. The summed E-state index contributed by atoms with van der Waals surface area (Å²) in [4.78, 5) is 44.2. The minimum absolute atomic E-state index is 0.0210. The normalized spacial score (nSPS) is 22.9. The molecule has 226 valence electrons. The van der Waals surface area contributed by atoms with E-state index in [-0.39, 0.29) is 23.3 Å². The molecule has 2 bridgehead atoms. The van der Waals surface area contributed by atoms with Crippen LogP contribution in [0.2, 0.25) is 0 Å². The van der Waals surface area contributed by atoms with Crippen molar-refractivity contribution in [2.75, 3.05) is 50.6 Å². The second-order valence-electron chi connectivity index (χ2n) is 12.5. The van der Waals surface area contributed by atoms with E-state index < -0.39 is 0 Å². The van der Waals surface area contributed by atoms with Crippen LogP contribution in [0.3, 0.4) is 0 Å². The first-order valence-corrected chi connectivity index (χ1v) is 15.1. The molecule has 1 aromatic heterocycles. The highest BCUT2D eigenvalue weighted by atomic mass is 16.5. The number of amides is 2. The molecule has 0 spiro atoms. The molecule has 0 radical (unpaired) electrons. The Morgan fingerprint density at radius 1 is 0.814 bits per heavy atom. The summed E-state index contributed by atoms with van der Waals surface area (Å²) in [7, 11) is 3.09. The Hall–Kier alpha value is -4.27. The van der Waals surface area contributed by atoms with Crippen LogP contribution in [-0.4, -0.2) is 61.7 Å². The minimum Gasteiger partial charge on any atom is -0.497 e. The predicted molar refractivity (Wildman–Crippen MR) is 167 cm³/mol. The third-order valence-electron chi connectivity index (χ3n) is 9.08. The monoisotopic (exact) mass is 584 g/mol. The molecule has 4 heterocycles. The number of carbonyl (C=O) groups excluding carboxylic acids is 2. The SMILES string of the molecule is COc1cc(OC)cc(C(=O)Nc2cc(C(=O)N3CC(C)CC(C)C3)ccc2N2CC3CC(C2)c2cccc(=O)n2C3)c1. The van der Waals surface area contributed by atoms with Crippen molar-refractivity contribution in [2.24, 2.45) is 17.8 Å².